The minimum Gasteiger partial charge on any atom is -0.295 e. The highest BCUT2D eigenvalue weighted by Crippen LogP contribution is 2.34. The van der Waals surface area contributed by atoms with Crippen molar-refractivity contribution in [1.82, 2.24) is 0 Å². The Morgan fingerprint density at radius 2 is 1.82 bits per heavy atom. The van der Waals surface area contributed by atoms with Crippen molar-refractivity contribution in [3.05, 3.63) is 41.0 Å². The predicted octanol–water partition coefficient (Wildman–Crippen LogP) is 3.84. The zero-order chi connectivity index (χ0) is 12.5. The number of benzene rings is 1. The number of carbonyl (C=O) groups excluding carboxylic acids is 1. The minimum absolute atomic E-state index is 0.0398. The first-order chi connectivity index (χ1) is 7.98. The van der Waals surface area contributed by atoms with Gasteiger partial charge < -0.3 is 0 Å². The number of Topliss-reactive ketones (excluding diaryl/α,β-unsaturated/α-hetero) is 1. The molecular weight excluding hydrogens is 229 g/mol. The Hall–Kier alpha value is -1.58. The molecule has 0 saturated heterocycles. The van der Waals surface area contributed by atoms with Crippen LogP contribution in [0.15, 0.2) is 29.8 Å². The Bertz CT molecular complexity index is 472. The molecule has 1 aliphatic carbocycles. The van der Waals surface area contributed by atoms with Gasteiger partial charge in [-0.25, -0.2) is 0 Å². The number of alkyl halides is 3. The highest BCUT2D eigenvalue weighted by Gasteiger charge is 2.32. The van der Waals surface area contributed by atoms with Crippen LogP contribution in [0.5, 0.6) is 0 Å². The van der Waals surface area contributed by atoms with Crippen molar-refractivity contribution in [3.63, 3.8) is 0 Å². The fourth-order valence-electron chi connectivity index (χ4n) is 1.96. The summed E-state index contributed by atoms with van der Waals surface area (Å²) in [6.45, 7) is 0. The van der Waals surface area contributed by atoms with E-state index in [2.05, 4.69) is 0 Å². The average Bonchev–Trinajstić information content (AvgIpc) is 2.64. The monoisotopic (exact) mass is 240 g/mol. The SMILES string of the molecule is O=C1CCC/C1=C\c1ccccc1C(F)(F)F. The van der Waals surface area contributed by atoms with Gasteiger partial charge in [-0.2, -0.15) is 13.2 Å². The third-order valence-corrected chi connectivity index (χ3v) is 2.80. The molecule has 1 aromatic carbocycles. The van der Waals surface area contributed by atoms with Gasteiger partial charge in [0.1, 0.15) is 0 Å². The lowest BCUT2D eigenvalue weighted by molar-refractivity contribution is -0.137. The van der Waals surface area contributed by atoms with Crippen LogP contribution in [0.3, 0.4) is 0 Å². The van der Waals surface area contributed by atoms with E-state index in [9.17, 15) is 18.0 Å². The lowest BCUT2D eigenvalue weighted by atomic mass is 10.0. The predicted molar refractivity (Wildman–Crippen MR) is 58.3 cm³/mol. The molecule has 0 heterocycles. The van der Waals surface area contributed by atoms with Gasteiger partial charge in [-0.3, -0.25) is 4.79 Å². The maximum atomic E-state index is 12.7. The summed E-state index contributed by atoms with van der Waals surface area (Å²) in [5.74, 6) is -0.0398. The van der Waals surface area contributed by atoms with E-state index >= 15 is 0 Å². The van der Waals surface area contributed by atoms with Crippen LogP contribution in [0.25, 0.3) is 6.08 Å². The van der Waals surface area contributed by atoms with Crippen LogP contribution < -0.4 is 0 Å². The molecule has 0 unspecified atom stereocenters. The molecule has 0 aromatic heterocycles. The zero-order valence-corrected chi connectivity index (χ0v) is 9.05. The van der Waals surface area contributed by atoms with Crippen molar-refractivity contribution in [3.8, 4) is 0 Å². The summed E-state index contributed by atoms with van der Waals surface area (Å²) < 4.78 is 38.1. The summed E-state index contributed by atoms with van der Waals surface area (Å²) in [6.07, 6.45) is -1.25. The Morgan fingerprint density at radius 3 is 2.41 bits per heavy atom. The summed E-state index contributed by atoms with van der Waals surface area (Å²) in [7, 11) is 0. The van der Waals surface area contributed by atoms with Crippen LogP contribution in [-0.2, 0) is 11.0 Å². The second-order valence-corrected chi connectivity index (χ2v) is 4.03. The Morgan fingerprint density at radius 1 is 1.12 bits per heavy atom. The van der Waals surface area contributed by atoms with Crippen molar-refractivity contribution >= 4 is 11.9 Å². The number of halogens is 3. The number of rotatable bonds is 1. The smallest absolute Gasteiger partial charge is 0.295 e. The summed E-state index contributed by atoms with van der Waals surface area (Å²) >= 11 is 0. The van der Waals surface area contributed by atoms with Gasteiger partial charge in [0.15, 0.2) is 5.78 Å². The van der Waals surface area contributed by atoms with Gasteiger partial charge >= 0.3 is 6.18 Å². The fourth-order valence-corrected chi connectivity index (χ4v) is 1.96. The Kier molecular flexibility index (Phi) is 3.05. The van der Waals surface area contributed by atoms with Crippen LogP contribution >= 0.6 is 0 Å². The second-order valence-electron chi connectivity index (χ2n) is 4.03. The number of ketones is 1. The van der Waals surface area contributed by atoms with Gasteiger partial charge in [0.05, 0.1) is 5.56 Å². The quantitative estimate of drug-likeness (QED) is 0.681. The van der Waals surface area contributed by atoms with Crippen LogP contribution in [0.2, 0.25) is 0 Å². The number of hydrogen-bond acceptors (Lipinski definition) is 1. The van der Waals surface area contributed by atoms with Crippen LogP contribution in [0, 0.1) is 0 Å². The molecule has 4 heteroatoms. The lowest BCUT2D eigenvalue weighted by Crippen LogP contribution is -2.07. The molecule has 0 amide bonds. The van der Waals surface area contributed by atoms with E-state index in [1.807, 2.05) is 0 Å². The van der Waals surface area contributed by atoms with Crippen molar-refractivity contribution in [1.29, 1.82) is 0 Å². The largest absolute Gasteiger partial charge is 0.416 e. The first kappa shape index (κ1) is 11.9. The van der Waals surface area contributed by atoms with Crippen LogP contribution in [-0.4, -0.2) is 5.78 Å². The standard InChI is InChI=1S/C13H11F3O/c14-13(15,16)11-6-2-1-4-9(11)8-10-5-3-7-12(10)17/h1-2,4,6,8H,3,5,7H2/b10-8+. The third-order valence-electron chi connectivity index (χ3n) is 2.80. The molecule has 1 nitrogen and oxygen atoms in total. The topological polar surface area (TPSA) is 17.1 Å². The molecule has 0 N–H and O–H groups in total. The van der Waals surface area contributed by atoms with E-state index in [4.69, 9.17) is 0 Å². The van der Waals surface area contributed by atoms with Gasteiger partial charge in [0.25, 0.3) is 0 Å². The second kappa shape index (κ2) is 4.35. The summed E-state index contributed by atoms with van der Waals surface area (Å²) in [5.41, 5.74) is -0.112. The molecule has 17 heavy (non-hydrogen) atoms. The molecule has 0 aliphatic heterocycles. The van der Waals surface area contributed by atoms with Gasteiger partial charge in [0.2, 0.25) is 0 Å². The van der Waals surface area contributed by atoms with E-state index in [1.54, 1.807) is 6.07 Å². The Balaban J connectivity index is 2.43. The first-order valence-corrected chi connectivity index (χ1v) is 5.38. The maximum Gasteiger partial charge on any atom is 0.416 e. The lowest BCUT2D eigenvalue weighted by Gasteiger charge is -2.10. The maximum absolute atomic E-state index is 12.7. The number of carbonyl (C=O) groups is 1. The molecule has 2 rings (SSSR count). The molecule has 0 spiro atoms. The molecule has 1 aliphatic rings. The molecule has 0 radical (unpaired) electrons. The number of allylic oxidation sites excluding steroid dienone is 1. The highest BCUT2D eigenvalue weighted by atomic mass is 19.4. The van der Waals surface area contributed by atoms with E-state index in [0.29, 0.717) is 18.4 Å². The summed E-state index contributed by atoms with van der Waals surface area (Å²) in [6, 6.07) is 5.32. The molecular formula is C13H11F3O. The van der Waals surface area contributed by atoms with E-state index in [-0.39, 0.29) is 11.3 Å². The minimum atomic E-state index is -4.38. The molecule has 0 atom stereocenters. The van der Waals surface area contributed by atoms with E-state index in [0.717, 1.165) is 12.5 Å². The normalized spacial score (nSPS) is 19.0. The van der Waals surface area contributed by atoms with Crippen molar-refractivity contribution < 1.29 is 18.0 Å². The van der Waals surface area contributed by atoms with Gasteiger partial charge in [-0.15, -0.1) is 0 Å². The van der Waals surface area contributed by atoms with Crippen LogP contribution in [0.4, 0.5) is 13.2 Å². The van der Waals surface area contributed by atoms with Crippen molar-refractivity contribution in [2.75, 3.05) is 0 Å². The zero-order valence-electron chi connectivity index (χ0n) is 9.05. The highest BCUT2D eigenvalue weighted by molar-refractivity contribution is 6.01. The molecule has 0 bridgehead atoms. The summed E-state index contributed by atoms with van der Waals surface area (Å²) in [4.78, 5) is 11.4. The number of hydrogen-bond donors (Lipinski definition) is 0. The molecule has 90 valence electrons. The molecule has 1 fully saturated rings. The van der Waals surface area contributed by atoms with Crippen LogP contribution in [0.1, 0.15) is 30.4 Å². The average molecular weight is 240 g/mol. The van der Waals surface area contributed by atoms with Crippen molar-refractivity contribution in [2.45, 2.75) is 25.4 Å². The first-order valence-electron chi connectivity index (χ1n) is 5.38. The fraction of sp³-hybridized carbons (Fsp3) is 0.308. The third kappa shape index (κ3) is 2.57. The molecule has 1 saturated carbocycles. The van der Waals surface area contributed by atoms with Gasteiger partial charge in [-0.1, -0.05) is 18.2 Å². The van der Waals surface area contributed by atoms with Gasteiger partial charge in [-0.05, 0) is 36.1 Å². The summed E-state index contributed by atoms with van der Waals surface area (Å²) in [5, 5.41) is 0. The van der Waals surface area contributed by atoms with Gasteiger partial charge in [0, 0.05) is 6.42 Å². The Labute approximate surface area is 96.9 Å². The van der Waals surface area contributed by atoms with E-state index < -0.39 is 11.7 Å². The van der Waals surface area contributed by atoms with Crippen molar-refractivity contribution in [2.24, 2.45) is 0 Å². The molecule has 1 aromatic rings. The van der Waals surface area contributed by atoms with E-state index in [1.165, 1.54) is 18.2 Å².